The number of esters is 1. The molecule has 1 aromatic carbocycles. The number of methoxy groups -OCH3 is 1. The molecule has 1 aliphatic heterocycles. The molecular formula is C18H23Cl2N3O3. The molecular weight excluding hydrogens is 377 g/mol. The fraction of sp³-hybridized carbons (Fsp3) is 0.444. The fourth-order valence-corrected chi connectivity index (χ4v) is 3.32. The minimum absolute atomic E-state index is 0. The molecule has 26 heavy (non-hydrogen) atoms. The van der Waals surface area contributed by atoms with Gasteiger partial charge < -0.3 is 15.0 Å². The van der Waals surface area contributed by atoms with Crippen LogP contribution < -0.4 is 5.32 Å². The standard InChI is InChI=1S/C18H22ClN3O3.ClH/c1-11-5-7-22(8-6-11)10-15(23)21-16-13-9-12(19)3-4-14(13)20-17(16)18(24)25-2;/h3-4,9,11,20H,5-8,10H2,1-2H3,(H,21,23);1H. The summed E-state index contributed by atoms with van der Waals surface area (Å²) >= 11 is 6.07. The molecule has 3 rings (SSSR count). The molecule has 1 aliphatic rings. The molecule has 1 saturated heterocycles. The molecule has 1 fully saturated rings. The van der Waals surface area contributed by atoms with Gasteiger partial charge in [-0.05, 0) is 50.0 Å². The average Bonchev–Trinajstić information content (AvgIpc) is 2.94. The lowest BCUT2D eigenvalue weighted by Gasteiger charge is -2.29. The average molecular weight is 400 g/mol. The smallest absolute Gasteiger partial charge is 0.356 e. The summed E-state index contributed by atoms with van der Waals surface area (Å²) < 4.78 is 4.82. The zero-order chi connectivity index (χ0) is 18.0. The number of benzene rings is 1. The Morgan fingerprint density at radius 2 is 2.04 bits per heavy atom. The maximum absolute atomic E-state index is 12.5. The van der Waals surface area contributed by atoms with E-state index in [2.05, 4.69) is 22.1 Å². The quantitative estimate of drug-likeness (QED) is 0.768. The molecule has 0 aliphatic carbocycles. The Morgan fingerprint density at radius 3 is 2.69 bits per heavy atom. The second-order valence-corrected chi connectivity index (χ2v) is 7.00. The summed E-state index contributed by atoms with van der Waals surface area (Å²) in [5.41, 5.74) is 1.35. The number of aromatic amines is 1. The van der Waals surface area contributed by atoms with E-state index < -0.39 is 5.97 Å². The first-order chi connectivity index (χ1) is 12.0. The van der Waals surface area contributed by atoms with Crippen molar-refractivity contribution < 1.29 is 14.3 Å². The van der Waals surface area contributed by atoms with Gasteiger partial charge in [-0.25, -0.2) is 4.79 Å². The van der Waals surface area contributed by atoms with Crippen molar-refractivity contribution in [2.75, 3.05) is 32.1 Å². The molecule has 0 unspecified atom stereocenters. The van der Waals surface area contributed by atoms with E-state index in [9.17, 15) is 9.59 Å². The summed E-state index contributed by atoms with van der Waals surface area (Å²) in [6.45, 7) is 4.37. The maximum atomic E-state index is 12.5. The van der Waals surface area contributed by atoms with Crippen LogP contribution in [0, 0.1) is 5.92 Å². The third-order valence-electron chi connectivity index (χ3n) is 4.66. The Bertz CT molecular complexity index is 798. The van der Waals surface area contributed by atoms with Gasteiger partial charge in [-0.3, -0.25) is 9.69 Å². The van der Waals surface area contributed by atoms with Gasteiger partial charge in [-0.2, -0.15) is 0 Å². The number of amides is 1. The van der Waals surface area contributed by atoms with E-state index in [0.717, 1.165) is 25.9 Å². The summed E-state index contributed by atoms with van der Waals surface area (Å²) in [5.74, 6) is 0.0241. The maximum Gasteiger partial charge on any atom is 0.356 e. The highest BCUT2D eigenvalue weighted by atomic mass is 35.5. The zero-order valence-electron chi connectivity index (χ0n) is 14.8. The van der Waals surface area contributed by atoms with Gasteiger partial charge in [0.05, 0.1) is 19.3 Å². The van der Waals surface area contributed by atoms with Gasteiger partial charge >= 0.3 is 5.97 Å². The molecule has 2 heterocycles. The predicted octanol–water partition coefficient (Wildman–Crippen LogP) is 3.70. The van der Waals surface area contributed by atoms with E-state index >= 15 is 0 Å². The first-order valence-electron chi connectivity index (χ1n) is 8.39. The molecule has 6 nitrogen and oxygen atoms in total. The van der Waals surface area contributed by atoms with Crippen LogP contribution in [0.4, 0.5) is 5.69 Å². The Kier molecular flexibility index (Phi) is 6.92. The van der Waals surface area contributed by atoms with Crippen molar-refractivity contribution in [1.29, 1.82) is 0 Å². The summed E-state index contributed by atoms with van der Waals surface area (Å²) in [5, 5.41) is 4.08. The molecule has 2 aromatic rings. The first kappa shape index (κ1) is 20.6. The molecule has 0 spiro atoms. The highest BCUT2D eigenvalue weighted by molar-refractivity contribution is 6.31. The van der Waals surface area contributed by atoms with Gasteiger partial charge in [0.15, 0.2) is 0 Å². The van der Waals surface area contributed by atoms with Gasteiger partial charge in [0.2, 0.25) is 5.91 Å². The summed E-state index contributed by atoms with van der Waals surface area (Å²) in [6.07, 6.45) is 2.20. The monoisotopic (exact) mass is 399 g/mol. The van der Waals surface area contributed by atoms with E-state index in [0.29, 0.717) is 34.1 Å². The molecule has 0 bridgehead atoms. The van der Waals surface area contributed by atoms with Crippen LogP contribution in [-0.4, -0.2) is 48.5 Å². The van der Waals surface area contributed by atoms with Crippen LogP contribution in [0.2, 0.25) is 5.02 Å². The second-order valence-electron chi connectivity index (χ2n) is 6.56. The van der Waals surface area contributed by atoms with Crippen molar-refractivity contribution in [3.05, 3.63) is 28.9 Å². The summed E-state index contributed by atoms with van der Waals surface area (Å²) in [4.78, 5) is 29.7. The molecule has 2 N–H and O–H groups in total. The number of carbonyl (C=O) groups excluding carboxylic acids is 2. The number of anilines is 1. The minimum Gasteiger partial charge on any atom is -0.464 e. The topological polar surface area (TPSA) is 74.4 Å². The number of likely N-dealkylation sites (tertiary alicyclic amines) is 1. The van der Waals surface area contributed by atoms with E-state index in [4.69, 9.17) is 16.3 Å². The van der Waals surface area contributed by atoms with E-state index in [1.54, 1.807) is 18.2 Å². The number of halogens is 2. The molecule has 1 aromatic heterocycles. The van der Waals surface area contributed by atoms with Crippen LogP contribution in [0.25, 0.3) is 10.9 Å². The van der Waals surface area contributed by atoms with Crippen LogP contribution in [0.1, 0.15) is 30.3 Å². The molecule has 142 valence electrons. The largest absolute Gasteiger partial charge is 0.464 e. The van der Waals surface area contributed by atoms with Gasteiger partial charge in [0, 0.05) is 15.9 Å². The van der Waals surface area contributed by atoms with Crippen molar-refractivity contribution in [2.24, 2.45) is 5.92 Å². The van der Waals surface area contributed by atoms with Gasteiger partial charge in [0.1, 0.15) is 5.69 Å². The van der Waals surface area contributed by atoms with Crippen molar-refractivity contribution >= 4 is 52.5 Å². The van der Waals surface area contributed by atoms with Crippen LogP contribution in [0.5, 0.6) is 0 Å². The van der Waals surface area contributed by atoms with Crippen molar-refractivity contribution in [3.63, 3.8) is 0 Å². The molecule has 0 saturated carbocycles. The molecule has 1 amide bonds. The SMILES string of the molecule is COC(=O)c1[nH]c2ccc(Cl)cc2c1NC(=O)CN1CCC(C)CC1.Cl. The Balaban J connectivity index is 0.00000243. The molecule has 0 atom stereocenters. The van der Waals surface area contributed by atoms with Crippen molar-refractivity contribution in [3.8, 4) is 0 Å². The summed E-state index contributed by atoms with van der Waals surface area (Å²) in [6, 6.07) is 5.21. The van der Waals surface area contributed by atoms with E-state index in [1.165, 1.54) is 7.11 Å². The van der Waals surface area contributed by atoms with Crippen LogP contribution >= 0.6 is 24.0 Å². The fourth-order valence-electron chi connectivity index (χ4n) is 3.15. The number of aromatic nitrogens is 1. The Labute approximate surface area is 163 Å². The predicted molar refractivity (Wildman–Crippen MR) is 105 cm³/mol. The lowest BCUT2D eigenvalue weighted by atomic mass is 9.99. The lowest BCUT2D eigenvalue weighted by molar-refractivity contribution is -0.117. The lowest BCUT2D eigenvalue weighted by Crippen LogP contribution is -2.38. The van der Waals surface area contributed by atoms with Crippen molar-refractivity contribution in [1.82, 2.24) is 9.88 Å². The molecule has 8 heteroatoms. The number of nitrogens with one attached hydrogen (secondary N) is 2. The zero-order valence-corrected chi connectivity index (χ0v) is 16.4. The Morgan fingerprint density at radius 1 is 1.35 bits per heavy atom. The van der Waals surface area contributed by atoms with Crippen LogP contribution in [0.15, 0.2) is 18.2 Å². The van der Waals surface area contributed by atoms with Crippen LogP contribution in [0.3, 0.4) is 0 Å². The minimum atomic E-state index is -0.533. The van der Waals surface area contributed by atoms with Gasteiger partial charge in [0.25, 0.3) is 0 Å². The number of hydrogen-bond donors (Lipinski definition) is 2. The third kappa shape index (κ3) is 4.50. The van der Waals surface area contributed by atoms with Crippen LogP contribution in [-0.2, 0) is 9.53 Å². The number of hydrogen-bond acceptors (Lipinski definition) is 4. The first-order valence-corrected chi connectivity index (χ1v) is 8.77. The number of ether oxygens (including phenoxy) is 1. The number of H-pyrrole nitrogens is 1. The number of carbonyl (C=O) groups is 2. The number of fused-ring (bicyclic) bond motifs is 1. The number of rotatable bonds is 4. The van der Waals surface area contributed by atoms with E-state index in [-0.39, 0.29) is 24.0 Å². The number of nitrogens with zero attached hydrogens (tertiary/aromatic N) is 1. The number of piperidine rings is 1. The van der Waals surface area contributed by atoms with Gasteiger partial charge in [-0.1, -0.05) is 18.5 Å². The van der Waals surface area contributed by atoms with E-state index in [1.807, 2.05) is 0 Å². The van der Waals surface area contributed by atoms with Crippen molar-refractivity contribution in [2.45, 2.75) is 19.8 Å². The highest BCUT2D eigenvalue weighted by Crippen LogP contribution is 2.30. The Hall–Kier alpha value is -1.76. The highest BCUT2D eigenvalue weighted by Gasteiger charge is 2.22. The van der Waals surface area contributed by atoms with Gasteiger partial charge in [-0.15, -0.1) is 12.4 Å². The third-order valence-corrected chi connectivity index (χ3v) is 4.89. The molecule has 0 radical (unpaired) electrons. The normalized spacial score (nSPS) is 15.5. The summed E-state index contributed by atoms with van der Waals surface area (Å²) in [7, 11) is 1.31. The second kappa shape index (κ2) is 8.75.